The Morgan fingerprint density at radius 3 is 2.72 bits per heavy atom. The smallest absolute Gasteiger partial charge is 0.229 e. The average molecular weight is 482 g/mol. The van der Waals surface area contributed by atoms with Gasteiger partial charge in [0.05, 0.1) is 37.5 Å². The van der Waals surface area contributed by atoms with E-state index in [1.165, 1.54) is 0 Å². The molecule has 4 aromatic rings. The second-order valence-corrected chi connectivity index (χ2v) is 9.46. The highest BCUT2D eigenvalue weighted by Gasteiger charge is 2.44. The van der Waals surface area contributed by atoms with Crippen LogP contribution >= 0.6 is 0 Å². The number of hydrogen-bond acceptors (Lipinski definition) is 5. The summed E-state index contributed by atoms with van der Waals surface area (Å²) in [6.07, 6.45) is 5.68. The number of hydrogen-bond donors (Lipinski definition) is 1. The molecule has 2 atom stereocenters. The third-order valence-electron chi connectivity index (χ3n) is 6.98. The van der Waals surface area contributed by atoms with Crippen LogP contribution in [0.5, 0.6) is 5.88 Å². The minimum absolute atomic E-state index is 0.000530. The van der Waals surface area contributed by atoms with Crippen molar-refractivity contribution in [3.8, 4) is 5.88 Å². The molecule has 3 heterocycles. The van der Waals surface area contributed by atoms with Crippen LogP contribution in [0, 0.1) is 5.92 Å². The van der Waals surface area contributed by atoms with Crippen molar-refractivity contribution in [3.63, 3.8) is 0 Å². The summed E-state index contributed by atoms with van der Waals surface area (Å²) in [6.45, 7) is 0.576. The Morgan fingerprint density at radius 2 is 1.94 bits per heavy atom. The first kappa shape index (κ1) is 22.3. The van der Waals surface area contributed by atoms with Crippen molar-refractivity contribution in [2.24, 2.45) is 5.92 Å². The SMILES string of the molecule is COc1cc(Cn2ncc3cc(N4C(=O)C[C@H](NC(=O)C5CC5)[C@H]4c4ccccc4)ccc32)ccn1. The first-order valence-electron chi connectivity index (χ1n) is 12.2. The van der Waals surface area contributed by atoms with Crippen LogP contribution in [0.2, 0.25) is 0 Å². The van der Waals surface area contributed by atoms with Crippen LogP contribution in [0.1, 0.15) is 36.4 Å². The Labute approximate surface area is 208 Å². The van der Waals surface area contributed by atoms with Gasteiger partial charge >= 0.3 is 0 Å². The second-order valence-electron chi connectivity index (χ2n) is 9.46. The lowest BCUT2D eigenvalue weighted by Gasteiger charge is -2.29. The molecule has 2 amide bonds. The van der Waals surface area contributed by atoms with Crippen LogP contribution < -0.4 is 15.0 Å². The Morgan fingerprint density at radius 1 is 1.11 bits per heavy atom. The van der Waals surface area contributed by atoms with E-state index in [4.69, 9.17) is 4.74 Å². The number of benzene rings is 2. The Hall–Kier alpha value is -4.20. The van der Waals surface area contributed by atoms with Gasteiger partial charge in [-0.25, -0.2) is 4.98 Å². The minimum Gasteiger partial charge on any atom is -0.481 e. The van der Waals surface area contributed by atoms with Crippen LogP contribution in [-0.2, 0) is 16.1 Å². The number of fused-ring (bicyclic) bond motifs is 1. The number of methoxy groups -OCH3 is 1. The van der Waals surface area contributed by atoms with Crippen molar-refractivity contribution >= 4 is 28.4 Å². The molecule has 8 heteroatoms. The van der Waals surface area contributed by atoms with Crippen LogP contribution in [-0.4, -0.2) is 39.7 Å². The molecular formula is C28H27N5O3. The molecule has 2 aromatic carbocycles. The van der Waals surface area contributed by atoms with Crippen molar-refractivity contribution < 1.29 is 14.3 Å². The molecule has 0 bridgehead atoms. The van der Waals surface area contributed by atoms with Crippen LogP contribution in [0.25, 0.3) is 10.9 Å². The van der Waals surface area contributed by atoms with E-state index in [0.717, 1.165) is 40.6 Å². The average Bonchev–Trinajstić information content (AvgIpc) is 3.62. The predicted octanol–water partition coefficient (Wildman–Crippen LogP) is 3.86. The van der Waals surface area contributed by atoms with Crippen molar-refractivity contribution in [1.82, 2.24) is 20.1 Å². The van der Waals surface area contributed by atoms with Gasteiger partial charge in [-0.2, -0.15) is 5.10 Å². The molecule has 0 spiro atoms. The van der Waals surface area contributed by atoms with Crippen LogP contribution in [0.4, 0.5) is 5.69 Å². The number of nitrogens with one attached hydrogen (secondary N) is 1. The van der Waals surface area contributed by atoms with Crippen LogP contribution in [0.3, 0.4) is 0 Å². The number of rotatable bonds is 7. The van der Waals surface area contributed by atoms with Gasteiger partial charge < -0.3 is 15.0 Å². The molecule has 6 rings (SSSR count). The highest BCUT2D eigenvalue weighted by molar-refractivity contribution is 6.00. The summed E-state index contributed by atoms with van der Waals surface area (Å²) in [6, 6.07) is 19.2. The Bertz CT molecular complexity index is 1430. The van der Waals surface area contributed by atoms with Gasteiger partial charge in [-0.05, 0) is 48.2 Å². The predicted molar refractivity (Wildman–Crippen MR) is 136 cm³/mol. The minimum atomic E-state index is -0.270. The second kappa shape index (κ2) is 9.11. The summed E-state index contributed by atoms with van der Waals surface area (Å²) < 4.78 is 7.16. The largest absolute Gasteiger partial charge is 0.481 e. The van der Waals surface area contributed by atoms with E-state index < -0.39 is 0 Å². The maximum absolute atomic E-state index is 13.3. The normalized spacial score (nSPS) is 19.6. The van der Waals surface area contributed by atoms with E-state index in [1.54, 1.807) is 13.3 Å². The number of carbonyl (C=O) groups excluding carboxylic acids is 2. The number of aromatic nitrogens is 3. The standard InChI is InChI=1S/C28H27N5O3/c1-36-25-13-18(11-12-29-25)17-32-24-10-9-22(14-21(24)16-30-32)33-26(34)15-23(31-28(35)20-7-8-20)27(33)19-5-3-2-4-6-19/h2-6,9-14,16,20,23,27H,7-8,15,17H2,1H3,(H,31,35)/t23-,27+/m0/s1. The summed E-state index contributed by atoms with van der Waals surface area (Å²) in [5.41, 5.74) is 3.81. The van der Waals surface area contributed by atoms with Gasteiger partial charge in [-0.3, -0.25) is 14.3 Å². The number of pyridine rings is 1. The number of anilines is 1. The van der Waals surface area contributed by atoms with Gasteiger partial charge in [-0.15, -0.1) is 0 Å². The first-order valence-corrected chi connectivity index (χ1v) is 12.2. The summed E-state index contributed by atoms with van der Waals surface area (Å²) in [5, 5.41) is 8.69. The molecule has 1 saturated heterocycles. The van der Waals surface area contributed by atoms with Crippen LogP contribution in [0.15, 0.2) is 73.1 Å². The maximum atomic E-state index is 13.3. The van der Waals surface area contributed by atoms with Crippen molar-refractivity contribution in [1.29, 1.82) is 0 Å². The number of ether oxygens (including phenoxy) is 1. The Balaban J connectivity index is 1.32. The van der Waals surface area contributed by atoms with Gasteiger partial charge in [0.25, 0.3) is 0 Å². The topological polar surface area (TPSA) is 89.4 Å². The molecule has 36 heavy (non-hydrogen) atoms. The van der Waals surface area contributed by atoms with Gasteiger partial charge in [-0.1, -0.05) is 30.3 Å². The highest BCUT2D eigenvalue weighted by Crippen LogP contribution is 2.39. The van der Waals surface area contributed by atoms with E-state index in [0.29, 0.717) is 12.4 Å². The molecule has 182 valence electrons. The lowest BCUT2D eigenvalue weighted by atomic mass is 9.99. The molecule has 0 radical (unpaired) electrons. The van der Waals surface area contributed by atoms with Gasteiger partial charge in [0.15, 0.2) is 0 Å². The van der Waals surface area contributed by atoms with Gasteiger partial charge in [0, 0.05) is 35.7 Å². The van der Waals surface area contributed by atoms with E-state index in [9.17, 15) is 9.59 Å². The third kappa shape index (κ3) is 4.19. The fourth-order valence-corrected chi connectivity index (χ4v) is 5.03. The molecule has 1 N–H and O–H groups in total. The fourth-order valence-electron chi connectivity index (χ4n) is 5.03. The lowest BCUT2D eigenvalue weighted by Crippen LogP contribution is -2.40. The first-order chi connectivity index (χ1) is 17.6. The summed E-state index contributed by atoms with van der Waals surface area (Å²) >= 11 is 0. The quantitative estimate of drug-likeness (QED) is 0.433. The molecular weight excluding hydrogens is 454 g/mol. The third-order valence-corrected chi connectivity index (χ3v) is 6.98. The summed E-state index contributed by atoms with van der Waals surface area (Å²) in [5.74, 6) is 0.711. The number of nitrogens with zero attached hydrogens (tertiary/aromatic N) is 4. The lowest BCUT2D eigenvalue weighted by molar-refractivity contribution is -0.123. The van der Waals surface area contributed by atoms with Crippen molar-refractivity contribution in [2.45, 2.75) is 37.9 Å². The molecule has 1 aliphatic carbocycles. The molecule has 1 aliphatic heterocycles. The molecule has 2 aromatic heterocycles. The monoisotopic (exact) mass is 481 g/mol. The molecule has 0 unspecified atom stereocenters. The fraction of sp³-hybridized carbons (Fsp3) is 0.286. The molecule has 2 aliphatic rings. The van der Waals surface area contributed by atoms with E-state index in [2.05, 4.69) is 15.4 Å². The van der Waals surface area contributed by atoms with Gasteiger partial charge in [0.2, 0.25) is 17.7 Å². The zero-order chi connectivity index (χ0) is 24.6. The zero-order valence-electron chi connectivity index (χ0n) is 20.0. The number of carbonyl (C=O) groups is 2. The van der Waals surface area contributed by atoms with E-state index >= 15 is 0 Å². The summed E-state index contributed by atoms with van der Waals surface area (Å²) in [7, 11) is 1.60. The van der Waals surface area contributed by atoms with E-state index in [1.807, 2.05) is 76.4 Å². The van der Waals surface area contributed by atoms with Gasteiger partial charge in [0.1, 0.15) is 0 Å². The molecule has 2 fully saturated rings. The zero-order valence-corrected chi connectivity index (χ0v) is 20.0. The van der Waals surface area contributed by atoms with E-state index in [-0.39, 0.29) is 36.2 Å². The summed E-state index contributed by atoms with van der Waals surface area (Å²) in [4.78, 5) is 31.9. The highest BCUT2D eigenvalue weighted by atomic mass is 16.5. The van der Waals surface area contributed by atoms with Crippen molar-refractivity contribution in [2.75, 3.05) is 12.0 Å². The molecule has 8 nitrogen and oxygen atoms in total. The molecule has 1 saturated carbocycles. The Kier molecular flexibility index (Phi) is 5.64. The maximum Gasteiger partial charge on any atom is 0.229 e. The number of amides is 2. The van der Waals surface area contributed by atoms with Crippen molar-refractivity contribution in [3.05, 3.63) is 84.2 Å².